The number of aromatic nitrogens is 4. The van der Waals surface area contributed by atoms with Crippen LogP contribution in [0, 0.1) is 11.3 Å². The van der Waals surface area contributed by atoms with E-state index in [1.807, 2.05) is 12.1 Å². The van der Waals surface area contributed by atoms with Crippen molar-refractivity contribution < 1.29 is 14.3 Å². The number of halogens is 1. The molecule has 0 bridgehead atoms. The lowest BCUT2D eigenvalue weighted by Gasteiger charge is -2.42. The molecule has 2 saturated heterocycles. The molecule has 50 heavy (non-hydrogen) atoms. The summed E-state index contributed by atoms with van der Waals surface area (Å²) in [6, 6.07) is 15.0. The molecule has 7 rings (SSSR count). The summed E-state index contributed by atoms with van der Waals surface area (Å²) in [6.07, 6.45) is 6.14. The first-order valence-electron chi connectivity index (χ1n) is 17.0. The molecule has 4 aromatic rings. The van der Waals surface area contributed by atoms with Crippen LogP contribution < -0.4 is 19.3 Å². The topological polar surface area (TPSA) is 124 Å². The van der Waals surface area contributed by atoms with E-state index in [9.17, 15) is 10.1 Å². The first-order valence-corrected chi connectivity index (χ1v) is 17.4. The van der Waals surface area contributed by atoms with E-state index in [1.54, 1.807) is 4.90 Å². The summed E-state index contributed by atoms with van der Waals surface area (Å²) in [5.74, 6) is 0.551. The molecular formula is C37H40ClN9O3. The van der Waals surface area contributed by atoms with Crippen LogP contribution in [0.5, 0.6) is 12.0 Å². The maximum Gasteiger partial charge on any atom is 0.318 e. The fraction of sp³-hybridized carbons (Fsp3) is 0.405. The predicted molar refractivity (Wildman–Crippen MR) is 192 cm³/mol. The third kappa shape index (κ3) is 6.63. The third-order valence-electron chi connectivity index (χ3n) is 10.1. The molecule has 0 unspecified atom stereocenters. The molecule has 1 amide bonds. The van der Waals surface area contributed by atoms with Crippen molar-refractivity contribution in [3.8, 4) is 18.1 Å². The molecular weight excluding hydrogens is 654 g/mol. The molecule has 0 spiro atoms. The number of piperazine rings is 1. The highest BCUT2D eigenvalue weighted by atomic mass is 35.5. The maximum absolute atomic E-state index is 13.7. The van der Waals surface area contributed by atoms with Crippen molar-refractivity contribution in [2.75, 3.05) is 63.3 Å². The molecule has 12 nitrogen and oxygen atoms in total. The van der Waals surface area contributed by atoms with Crippen molar-refractivity contribution in [3.63, 3.8) is 0 Å². The van der Waals surface area contributed by atoms with Gasteiger partial charge in [-0.05, 0) is 50.4 Å². The zero-order chi connectivity index (χ0) is 34.8. The smallest absolute Gasteiger partial charge is 0.318 e. The Balaban J connectivity index is 1.18. The summed E-state index contributed by atoms with van der Waals surface area (Å²) < 4.78 is 11.4. The third-order valence-corrected chi connectivity index (χ3v) is 10.4. The number of likely N-dealkylation sites (tertiary alicyclic amines) is 1. The van der Waals surface area contributed by atoms with E-state index >= 15 is 0 Å². The lowest BCUT2D eigenvalue weighted by atomic mass is 10.0. The van der Waals surface area contributed by atoms with E-state index in [1.165, 1.54) is 19.5 Å². The van der Waals surface area contributed by atoms with Crippen molar-refractivity contribution in [1.82, 2.24) is 29.7 Å². The Kier molecular flexibility index (Phi) is 9.70. The Morgan fingerprint density at radius 3 is 2.58 bits per heavy atom. The van der Waals surface area contributed by atoms with Gasteiger partial charge >= 0.3 is 12.0 Å². The fourth-order valence-electron chi connectivity index (χ4n) is 7.29. The van der Waals surface area contributed by atoms with Gasteiger partial charge in [0.2, 0.25) is 0 Å². The molecule has 2 aromatic carbocycles. The Morgan fingerprint density at radius 1 is 1.04 bits per heavy atom. The van der Waals surface area contributed by atoms with Gasteiger partial charge < -0.3 is 29.1 Å². The van der Waals surface area contributed by atoms with Gasteiger partial charge in [-0.25, -0.2) is 9.97 Å². The normalized spacial score (nSPS) is 19.3. The van der Waals surface area contributed by atoms with Crippen LogP contribution in [0.25, 0.3) is 16.3 Å². The van der Waals surface area contributed by atoms with Crippen molar-refractivity contribution >= 4 is 45.4 Å². The lowest BCUT2D eigenvalue weighted by Crippen LogP contribution is -2.56. The Hall–Kier alpha value is -4.99. The molecule has 2 aromatic heterocycles. The van der Waals surface area contributed by atoms with Crippen LogP contribution in [0.15, 0.2) is 55.4 Å². The van der Waals surface area contributed by atoms with Crippen molar-refractivity contribution in [3.05, 3.63) is 77.2 Å². The second kappa shape index (κ2) is 14.5. The summed E-state index contributed by atoms with van der Waals surface area (Å²) in [5.41, 5.74) is 3.81. The number of hydrogen-bond donors (Lipinski definition) is 0. The van der Waals surface area contributed by atoms with Gasteiger partial charge in [-0.3, -0.25) is 4.79 Å². The number of benzene rings is 2. The highest BCUT2D eigenvalue weighted by Gasteiger charge is 2.35. The zero-order valence-electron chi connectivity index (χ0n) is 28.4. The van der Waals surface area contributed by atoms with Gasteiger partial charge in [0.05, 0.1) is 42.9 Å². The molecule has 3 aliphatic heterocycles. The summed E-state index contributed by atoms with van der Waals surface area (Å²) >= 11 is 6.74. The van der Waals surface area contributed by atoms with Crippen molar-refractivity contribution in [1.29, 1.82) is 5.26 Å². The van der Waals surface area contributed by atoms with E-state index in [0.717, 1.165) is 64.5 Å². The molecule has 0 aliphatic carbocycles. The zero-order valence-corrected chi connectivity index (χ0v) is 29.1. The molecule has 5 heterocycles. The van der Waals surface area contributed by atoms with Gasteiger partial charge in [-0.15, -0.1) is 0 Å². The second-order valence-electron chi connectivity index (χ2n) is 13.0. The van der Waals surface area contributed by atoms with Gasteiger partial charge in [-0.2, -0.15) is 15.2 Å². The van der Waals surface area contributed by atoms with Crippen LogP contribution in [0.3, 0.4) is 0 Å². The first-order chi connectivity index (χ1) is 24.3. The van der Waals surface area contributed by atoms with E-state index in [4.69, 9.17) is 31.0 Å². The van der Waals surface area contributed by atoms with Gasteiger partial charge in [-0.1, -0.05) is 42.4 Å². The number of hydrogen-bond acceptors (Lipinski definition) is 11. The van der Waals surface area contributed by atoms with E-state index in [2.05, 4.69) is 68.6 Å². The second-order valence-corrected chi connectivity index (χ2v) is 13.4. The van der Waals surface area contributed by atoms with Crippen LogP contribution >= 0.6 is 11.6 Å². The quantitative estimate of drug-likeness (QED) is 0.226. The molecule has 0 N–H and O–H groups in total. The van der Waals surface area contributed by atoms with E-state index < -0.39 is 0 Å². The average Bonchev–Trinajstić information content (AvgIpc) is 3.57. The van der Waals surface area contributed by atoms with Crippen LogP contribution in [0.2, 0.25) is 5.02 Å². The molecule has 2 fully saturated rings. The van der Waals surface area contributed by atoms with E-state index in [-0.39, 0.29) is 30.0 Å². The number of methoxy groups -OCH3 is 1. The number of fused-ring (bicyclic) bond motifs is 2. The van der Waals surface area contributed by atoms with Crippen LogP contribution in [0.1, 0.15) is 36.1 Å². The average molecular weight is 694 g/mol. The number of rotatable bonds is 9. The number of likely N-dealkylation sites (N-methyl/N-ethyl adjacent to an activating group) is 1. The first kappa shape index (κ1) is 33.5. The van der Waals surface area contributed by atoms with Crippen LogP contribution in [-0.2, 0) is 17.8 Å². The summed E-state index contributed by atoms with van der Waals surface area (Å²) in [7, 11) is 3.61. The van der Waals surface area contributed by atoms with Crippen LogP contribution in [-0.4, -0.2) is 101 Å². The number of amides is 1. The minimum Gasteiger partial charge on any atom is -0.467 e. The number of nitrogens with zero attached hydrogens (tertiary/aromatic N) is 9. The Bertz CT molecular complexity index is 1940. The standard InChI is InChI=1S/C37H40ClN9O3/c1-24(26-19-40-36(49-3)41-20-26)35(48)47-18-17-46(21-27(47)12-14-39)34-29-13-16-45(32-11-5-8-25-7-4-10-30(38)33(25)32)22-31(29)42-37(43-34)50-23-28-9-6-15-44(28)2/h4-5,7-8,10-11,19-20,27-28H,1,6,9,12-13,15-18,21-23H2,2-3H3/t27-,28-/m0/s1. The van der Waals surface area contributed by atoms with Gasteiger partial charge in [0.1, 0.15) is 12.4 Å². The largest absolute Gasteiger partial charge is 0.467 e. The number of anilines is 2. The molecule has 13 heteroatoms. The summed E-state index contributed by atoms with van der Waals surface area (Å²) in [6.45, 7) is 8.28. The SMILES string of the molecule is C=C(C(=O)N1CCN(c2nc(OC[C@@H]3CCCN3C)nc3c2CCN(c2cccc4cccc(Cl)c24)C3)C[C@@H]1CC#N)c1cnc(OC)nc1. The van der Waals surface area contributed by atoms with Gasteiger partial charge in [0, 0.05) is 72.4 Å². The van der Waals surface area contributed by atoms with Crippen molar-refractivity contribution in [2.45, 2.75) is 44.3 Å². The molecule has 3 aliphatic rings. The summed E-state index contributed by atoms with van der Waals surface area (Å²) in [5, 5.41) is 12.7. The van der Waals surface area contributed by atoms with Gasteiger partial charge in [0.15, 0.2) is 0 Å². The predicted octanol–water partition coefficient (Wildman–Crippen LogP) is 4.76. The Labute approximate surface area is 296 Å². The van der Waals surface area contributed by atoms with Crippen molar-refractivity contribution in [2.24, 2.45) is 0 Å². The lowest BCUT2D eigenvalue weighted by molar-refractivity contribution is -0.127. The molecule has 258 valence electrons. The molecule has 0 radical (unpaired) electrons. The highest BCUT2D eigenvalue weighted by Crippen LogP contribution is 2.37. The number of carbonyl (C=O) groups is 1. The minimum atomic E-state index is -0.378. The minimum absolute atomic E-state index is 0.162. The fourth-order valence-corrected chi connectivity index (χ4v) is 7.57. The van der Waals surface area contributed by atoms with E-state index in [0.29, 0.717) is 56.8 Å². The monoisotopic (exact) mass is 693 g/mol. The molecule has 2 atom stereocenters. The number of ether oxygens (including phenoxy) is 2. The molecule has 0 saturated carbocycles. The Morgan fingerprint density at radius 2 is 1.84 bits per heavy atom. The summed E-state index contributed by atoms with van der Waals surface area (Å²) in [4.78, 5) is 40.6. The number of carbonyl (C=O) groups excluding carboxylic acids is 1. The number of nitriles is 1. The van der Waals surface area contributed by atoms with Crippen LogP contribution in [0.4, 0.5) is 11.5 Å². The highest BCUT2D eigenvalue weighted by molar-refractivity contribution is 6.36. The maximum atomic E-state index is 13.7. The van der Waals surface area contributed by atoms with Gasteiger partial charge in [0.25, 0.3) is 5.91 Å².